The second-order valence-corrected chi connectivity index (χ2v) is 5.42. The van der Waals surface area contributed by atoms with Crippen LogP contribution in [0.4, 0.5) is 16.2 Å². The zero-order valence-electron chi connectivity index (χ0n) is 10.5. The molecule has 1 aliphatic rings. The van der Waals surface area contributed by atoms with Gasteiger partial charge in [-0.2, -0.15) is 4.98 Å². The minimum Gasteiger partial charge on any atom is -0.368 e. The van der Waals surface area contributed by atoms with Gasteiger partial charge in [0.15, 0.2) is 5.82 Å². The highest BCUT2D eigenvalue weighted by Gasteiger charge is 2.32. The van der Waals surface area contributed by atoms with Crippen LogP contribution in [0, 0.1) is 11.7 Å². The molecule has 0 radical (unpaired) electrons. The number of amides is 1. The fourth-order valence-electron chi connectivity index (χ4n) is 2.43. The quantitative estimate of drug-likeness (QED) is 0.851. The molecule has 1 aromatic heterocycles. The second kappa shape index (κ2) is 4.97. The van der Waals surface area contributed by atoms with Gasteiger partial charge < -0.3 is 5.73 Å². The molecule has 0 aliphatic carbocycles. The van der Waals surface area contributed by atoms with E-state index >= 15 is 0 Å². The second-order valence-electron chi connectivity index (χ2n) is 4.77. The van der Waals surface area contributed by atoms with Crippen LogP contribution < -0.4 is 10.6 Å². The van der Waals surface area contributed by atoms with Crippen LogP contribution in [-0.2, 0) is 4.79 Å². The number of carbonyl (C=O) groups excluding carboxylic acids is 1. The van der Waals surface area contributed by atoms with E-state index in [4.69, 9.17) is 5.73 Å². The van der Waals surface area contributed by atoms with E-state index in [1.54, 1.807) is 12.1 Å². The molecule has 0 spiro atoms. The Balaban J connectivity index is 2.18. The maximum absolute atomic E-state index is 14.1. The first-order valence-electron chi connectivity index (χ1n) is 6.18. The Morgan fingerprint density at radius 2 is 2.25 bits per heavy atom. The van der Waals surface area contributed by atoms with Crippen LogP contribution in [0.25, 0.3) is 10.9 Å². The Kier molecular flexibility index (Phi) is 3.29. The third-order valence-corrected chi connectivity index (χ3v) is 4.27. The zero-order chi connectivity index (χ0) is 14.3. The summed E-state index contributed by atoms with van der Waals surface area (Å²) in [5.74, 6) is -0.0301. The number of nitrogen functional groups attached to an aromatic ring is 1. The maximum Gasteiger partial charge on any atom is 0.228 e. The molecule has 1 aliphatic heterocycles. The largest absolute Gasteiger partial charge is 0.368 e. The first kappa shape index (κ1) is 13.2. The number of hydrogen-bond acceptors (Lipinski definition) is 4. The maximum atomic E-state index is 14.1. The molecule has 1 saturated heterocycles. The summed E-state index contributed by atoms with van der Waals surface area (Å²) in [6, 6.07) is 4.54. The standard InChI is InChI=1S/C13H12BrFN4O/c14-5-7-4-10(20)19(6-7)12-11-8(15)2-1-3-9(11)17-13(16)18-12/h1-3,7H,4-6H2,(H2,16,17,18). The molecule has 7 heteroatoms. The summed E-state index contributed by atoms with van der Waals surface area (Å²) in [7, 11) is 0. The number of hydrogen-bond donors (Lipinski definition) is 1. The van der Waals surface area contributed by atoms with Crippen LogP contribution in [0.15, 0.2) is 18.2 Å². The Labute approximate surface area is 123 Å². The third kappa shape index (κ3) is 2.11. The predicted molar refractivity (Wildman–Crippen MR) is 78.2 cm³/mol. The number of rotatable bonds is 2. The van der Waals surface area contributed by atoms with Crippen LogP contribution in [0.2, 0.25) is 0 Å². The molecule has 1 aromatic carbocycles. The summed E-state index contributed by atoms with van der Waals surface area (Å²) < 4.78 is 14.1. The van der Waals surface area contributed by atoms with Gasteiger partial charge in [-0.25, -0.2) is 9.37 Å². The van der Waals surface area contributed by atoms with Crippen molar-refractivity contribution in [2.45, 2.75) is 6.42 Å². The molecular formula is C13H12BrFN4O. The number of benzene rings is 1. The number of alkyl halides is 1. The monoisotopic (exact) mass is 338 g/mol. The lowest BCUT2D eigenvalue weighted by Crippen LogP contribution is -2.26. The van der Waals surface area contributed by atoms with Gasteiger partial charge in [-0.1, -0.05) is 22.0 Å². The fraction of sp³-hybridized carbons (Fsp3) is 0.308. The van der Waals surface area contributed by atoms with E-state index in [2.05, 4.69) is 25.9 Å². The normalized spacial score (nSPS) is 19.0. The average Bonchev–Trinajstić information content (AvgIpc) is 2.79. The van der Waals surface area contributed by atoms with Crippen molar-refractivity contribution in [2.24, 2.45) is 5.92 Å². The Bertz CT molecular complexity index is 693. The SMILES string of the molecule is Nc1nc(N2CC(CBr)CC2=O)c2c(F)cccc2n1. The van der Waals surface area contributed by atoms with E-state index in [0.29, 0.717) is 18.5 Å². The summed E-state index contributed by atoms with van der Waals surface area (Å²) >= 11 is 3.37. The number of nitrogens with two attached hydrogens (primary N) is 1. The highest BCUT2D eigenvalue weighted by Crippen LogP contribution is 2.32. The third-order valence-electron chi connectivity index (χ3n) is 3.35. The molecule has 20 heavy (non-hydrogen) atoms. The van der Waals surface area contributed by atoms with Crippen LogP contribution in [0.3, 0.4) is 0 Å². The minimum atomic E-state index is -0.451. The fourth-order valence-corrected chi connectivity index (χ4v) is 2.86. The van der Waals surface area contributed by atoms with E-state index in [9.17, 15) is 9.18 Å². The summed E-state index contributed by atoms with van der Waals surface area (Å²) in [5.41, 5.74) is 6.07. The highest BCUT2D eigenvalue weighted by atomic mass is 79.9. The van der Waals surface area contributed by atoms with Crippen molar-refractivity contribution in [3.63, 3.8) is 0 Å². The summed E-state index contributed by atoms with van der Waals surface area (Å²) in [6.07, 6.45) is 0.422. The van der Waals surface area contributed by atoms with Crippen molar-refractivity contribution in [1.82, 2.24) is 9.97 Å². The predicted octanol–water partition coefficient (Wildman–Crippen LogP) is 2.10. The minimum absolute atomic E-state index is 0.0354. The molecule has 1 unspecified atom stereocenters. The van der Waals surface area contributed by atoms with Gasteiger partial charge in [0.1, 0.15) is 5.82 Å². The number of halogens is 2. The molecule has 5 nitrogen and oxygen atoms in total. The van der Waals surface area contributed by atoms with E-state index in [1.165, 1.54) is 11.0 Å². The Morgan fingerprint density at radius 3 is 2.95 bits per heavy atom. The van der Waals surface area contributed by atoms with E-state index in [-0.39, 0.29) is 29.0 Å². The number of anilines is 2. The van der Waals surface area contributed by atoms with Gasteiger partial charge in [0, 0.05) is 18.3 Å². The molecule has 1 atom stereocenters. The van der Waals surface area contributed by atoms with Gasteiger partial charge in [0.25, 0.3) is 0 Å². The molecular weight excluding hydrogens is 327 g/mol. The van der Waals surface area contributed by atoms with Crippen LogP contribution in [0.1, 0.15) is 6.42 Å². The molecule has 1 amide bonds. The first-order chi connectivity index (χ1) is 9.60. The van der Waals surface area contributed by atoms with E-state index in [1.807, 2.05) is 0 Å². The lowest BCUT2D eigenvalue weighted by molar-refractivity contribution is -0.117. The van der Waals surface area contributed by atoms with Gasteiger partial charge in [-0.15, -0.1) is 0 Å². The van der Waals surface area contributed by atoms with Crippen molar-refractivity contribution < 1.29 is 9.18 Å². The Hall–Kier alpha value is -1.76. The van der Waals surface area contributed by atoms with Gasteiger partial charge in [0.2, 0.25) is 11.9 Å². The van der Waals surface area contributed by atoms with Gasteiger partial charge >= 0.3 is 0 Å². The van der Waals surface area contributed by atoms with Crippen LogP contribution >= 0.6 is 15.9 Å². The molecule has 2 heterocycles. The molecule has 0 saturated carbocycles. The first-order valence-corrected chi connectivity index (χ1v) is 7.30. The van der Waals surface area contributed by atoms with Crippen LogP contribution in [-0.4, -0.2) is 27.7 Å². The zero-order valence-corrected chi connectivity index (χ0v) is 12.1. The van der Waals surface area contributed by atoms with Crippen molar-refractivity contribution >= 4 is 44.5 Å². The Morgan fingerprint density at radius 1 is 1.45 bits per heavy atom. The lowest BCUT2D eigenvalue weighted by Gasteiger charge is -2.17. The number of fused-ring (bicyclic) bond motifs is 1. The smallest absolute Gasteiger partial charge is 0.228 e. The summed E-state index contributed by atoms with van der Waals surface area (Å²) in [6.45, 7) is 0.504. The lowest BCUT2D eigenvalue weighted by atomic mass is 10.2. The van der Waals surface area contributed by atoms with Gasteiger partial charge in [0.05, 0.1) is 10.9 Å². The summed E-state index contributed by atoms with van der Waals surface area (Å²) in [5, 5.41) is 0.959. The highest BCUT2D eigenvalue weighted by molar-refractivity contribution is 9.09. The molecule has 2 aromatic rings. The van der Waals surface area contributed by atoms with Crippen molar-refractivity contribution in [3.05, 3.63) is 24.0 Å². The number of aromatic nitrogens is 2. The summed E-state index contributed by atoms with van der Waals surface area (Å²) in [4.78, 5) is 21.7. The molecule has 3 rings (SSSR count). The number of nitrogens with zero attached hydrogens (tertiary/aromatic N) is 3. The molecule has 0 bridgehead atoms. The molecule has 2 N–H and O–H groups in total. The average molecular weight is 339 g/mol. The van der Waals surface area contributed by atoms with E-state index in [0.717, 1.165) is 5.33 Å². The van der Waals surface area contributed by atoms with Crippen molar-refractivity contribution in [1.29, 1.82) is 0 Å². The van der Waals surface area contributed by atoms with E-state index < -0.39 is 5.82 Å². The topological polar surface area (TPSA) is 72.1 Å². The number of carbonyl (C=O) groups is 1. The molecule has 104 valence electrons. The van der Waals surface area contributed by atoms with Crippen molar-refractivity contribution in [3.8, 4) is 0 Å². The van der Waals surface area contributed by atoms with Crippen molar-refractivity contribution in [2.75, 3.05) is 22.5 Å². The van der Waals surface area contributed by atoms with Crippen LogP contribution in [0.5, 0.6) is 0 Å². The van der Waals surface area contributed by atoms with Gasteiger partial charge in [-0.05, 0) is 18.1 Å². The van der Waals surface area contributed by atoms with Gasteiger partial charge in [-0.3, -0.25) is 9.69 Å². The molecule has 1 fully saturated rings.